The molecule has 1 rings (SSSR count). The lowest BCUT2D eigenvalue weighted by molar-refractivity contribution is -0.124. The Balaban J connectivity index is 3.21. The molecule has 5 nitrogen and oxygen atoms in total. The maximum Gasteiger partial charge on any atom is 0.265 e. The number of benzene rings is 1. The molecule has 0 aliphatic rings. The van der Waals surface area contributed by atoms with Crippen molar-refractivity contribution in [3.8, 4) is 5.75 Å². The minimum absolute atomic E-state index is 0.229. The molecule has 1 aromatic rings. The van der Waals surface area contributed by atoms with Gasteiger partial charge in [-0.05, 0) is 25.1 Å². The standard InChI is InChI=1S/C9H9ClFNO4S/c1-5(9(12)13)16-7-3-2-6(11)4-8(7)17(10,14)15/h2-5H,1H3,(H2,12,13). The zero-order chi connectivity index (χ0) is 13.2. The highest BCUT2D eigenvalue weighted by molar-refractivity contribution is 8.13. The van der Waals surface area contributed by atoms with E-state index in [2.05, 4.69) is 0 Å². The summed E-state index contributed by atoms with van der Waals surface area (Å²) >= 11 is 0. The molecule has 2 N–H and O–H groups in total. The summed E-state index contributed by atoms with van der Waals surface area (Å²) in [5.74, 6) is -1.80. The summed E-state index contributed by atoms with van der Waals surface area (Å²) in [5, 5.41) is 0. The molecule has 94 valence electrons. The number of ether oxygens (including phenoxy) is 1. The van der Waals surface area contributed by atoms with Crippen LogP contribution >= 0.6 is 10.7 Å². The summed E-state index contributed by atoms with van der Waals surface area (Å²) in [5.41, 5.74) is 4.95. The van der Waals surface area contributed by atoms with E-state index < -0.39 is 31.8 Å². The van der Waals surface area contributed by atoms with Gasteiger partial charge >= 0.3 is 0 Å². The topological polar surface area (TPSA) is 86.5 Å². The average molecular weight is 282 g/mol. The maximum absolute atomic E-state index is 12.9. The molecule has 0 heterocycles. The van der Waals surface area contributed by atoms with Crippen LogP contribution in [0.15, 0.2) is 23.1 Å². The fraction of sp³-hybridized carbons (Fsp3) is 0.222. The number of nitrogens with two attached hydrogens (primary N) is 1. The molecule has 8 heteroatoms. The van der Waals surface area contributed by atoms with E-state index in [4.69, 9.17) is 21.2 Å². The molecule has 0 aliphatic carbocycles. The van der Waals surface area contributed by atoms with Crippen LogP contribution in [0.4, 0.5) is 4.39 Å². The number of carbonyl (C=O) groups excluding carboxylic acids is 1. The fourth-order valence-electron chi connectivity index (χ4n) is 1.02. The molecule has 0 saturated heterocycles. The number of hydrogen-bond acceptors (Lipinski definition) is 4. The van der Waals surface area contributed by atoms with Crippen molar-refractivity contribution in [1.82, 2.24) is 0 Å². The van der Waals surface area contributed by atoms with Gasteiger partial charge in [-0.2, -0.15) is 0 Å². The summed E-state index contributed by atoms with van der Waals surface area (Å²) in [4.78, 5) is 10.2. The van der Waals surface area contributed by atoms with Gasteiger partial charge in [-0.15, -0.1) is 0 Å². The van der Waals surface area contributed by atoms with Gasteiger partial charge in [0.2, 0.25) is 0 Å². The number of hydrogen-bond donors (Lipinski definition) is 1. The van der Waals surface area contributed by atoms with Gasteiger partial charge in [0.15, 0.2) is 6.10 Å². The smallest absolute Gasteiger partial charge is 0.265 e. The lowest BCUT2D eigenvalue weighted by atomic mass is 10.3. The van der Waals surface area contributed by atoms with Crippen LogP contribution < -0.4 is 10.5 Å². The fourth-order valence-corrected chi connectivity index (χ4v) is 1.99. The van der Waals surface area contributed by atoms with Crippen LogP contribution in [0.1, 0.15) is 6.92 Å². The predicted molar refractivity (Wildman–Crippen MR) is 58.7 cm³/mol. The molecule has 0 saturated carbocycles. The molecule has 0 radical (unpaired) electrons. The van der Waals surface area contributed by atoms with Crippen LogP contribution in [0.5, 0.6) is 5.75 Å². The van der Waals surface area contributed by atoms with Gasteiger partial charge in [-0.25, -0.2) is 12.8 Å². The molecular weight excluding hydrogens is 273 g/mol. The Morgan fingerprint density at radius 1 is 1.53 bits per heavy atom. The minimum atomic E-state index is -4.17. The molecule has 0 bridgehead atoms. The average Bonchev–Trinajstić information content (AvgIpc) is 2.18. The Labute approximate surface area is 102 Å². The lowest BCUT2D eigenvalue weighted by Gasteiger charge is -2.13. The van der Waals surface area contributed by atoms with Gasteiger partial charge in [-0.3, -0.25) is 4.79 Å². The summed E-state index contributed by atoms with van der Waals surface area (Å²) in [6.45, 7) is 1.33. The van der Waals surface area contributed by atoms with Crippen LogP contribution in [-0.4, -0.2) is 20.4 Å². The van der Waals surface area contributed by atoms with Crippen molar-refractivity contribution in [2.75, 3.05) is 0 Å². The predicted octanol–water partition coefficient (Wildman–Crippen LogP) is 1.01. The van der Waals surface area contributed by atoms with E-state index in [1.165, 1.54) is 6.92 Å². The van der Waals surface area contributed by atoms with Crippen molar-refractivity contribution >= 4 is 25.6 Å². The molecule has 1 unspecified atom stereocenters. The first-order chi connectivity index (χ1) is 7.71. The Kier molecular flexibility index (Phi) is 3.94. The van der Waals surface area contributed by atoms with Crippen LogP contribution in [0, 0.1) is 5.82 Å². The van der Waals surface area contributed by atoms with Gasteiger partial charge in [0.05, 0.1) is 0 Å². The summed E-state index contributed by atoms with van der Waals surface area (Å²) in [6, 6.07) is 2.74. The van der Waals surface area contributed by atoms with E-state index in [9.17, 15) is 17.6 Å². The van der Waals surface area contributed by atoms with Crippen molar-refractivity contribution in [3.05, 3.63) is 24.0 Å². The highest BCUT2D eigenvalue weighted by atomic mass is 35.7. The normalized spacial score (nSPS) is 13.1. The van der Waals surface area contributed by atoms with E-state index in [1.807, 2.05) is 0 Å². The van der Waals surface area contributed by atoms with E-state index >= 15 is 0 Å². The monoisotopic (exact) mass is 281 g/mol. The summed E-state index contributed by atoms with van der Waals surface area (Å²) in [7, 11) is 0.936. The maximum atomic E-state index is 12.9. The van der Waals surface area contributed by atoms with Crippen molar-refractivity contribution in [2.24, 2.45) is 5.73 Å². The summed E-state index contributed by atoms with van der Waals surface area (Å²) in [6.07, 6.45) is -1.06. The van der Waals surface area contributed by atoms with Gasteiger partial charge in [0.25, 0.3) is 15.0 Å². The highest BCUT2D eigenvalue weighted by Crippen LogP contribution is 2.28. The largest absolute Gasteiger partial charge is 0.479 e. The van der Waals surface area contributed by atoms with E-state index in [1.54, 1.807) is 0 Å². The van der Waals surface area contributed by atoms with Crippen LogP contribution in [-0.2, 0) is 13.8 Å². The van der Waals surface area contributed by atoms with Crippen molar-refractivity contribution in [2.45, 2.75) is 17.9 Å². The number of rotatable bonds is 4. The number of carbonyl (C=O) groups is 1. The minimum Gasteiger partial charge on any atom is -0.479 e. The quantitative estimate of drug-likeness (QED) is 0.834. The molecule has 17 heavy (non-hydrogen) atoms. The second kappa shape index (κ2) is 4.89. The van der Waals surface area contributed by atoms with Crippen LogP contribution in [0.2, 0.25) is 0 Å². The number of primary amides is 1. The Hall–Kier alpha value is -1.34. The molecule has 0 fully saturated rings. The first-order valence-corrected chi connectivity index (χ1v) is 6.73. The third kappa shape index (κ3) is 3.57. The highest BCUT2D eigenvalue weighted by Gasteiger charge is 2.21. The zero-order valence-corrected chi connectivity index (χ0v) is 10.3. The first-order valence-electron chi connectivity index (χ1n) is 4.42. The SMILES string of the molecule is CC(Oc1ccc(F)cc1S(=O)(=O)Cl)C(N)=O. The molecule has 1 amide bonds. The Morgan fingerprint density at radius 3 is 2.59 bits per heavy atom. The van der Waals surface area contributed by atoms with Crippen LogP contribution in [0.25, 0.3) is 0 Å². The Bertz CT molecular complexity index is 546. The van der Waals surface area contributed by atoms with Crippen LogP contribution in [0.3, 0.4) is 0 Å². The molecule has 0 aromatic heterocycles. The summed E-state index contributed by atoms with van der Waals surface area (Å²) < 4.78 is 40.2. The lowest BCUT2D eigenvalue weighted by Crippen LogP contribution is -2.31. The van der Waals surface area contributed by atoms with E-state index in [0.29, 0.717) is 6.07 Å². The zero-order valence-electron chi connectivity index (χ0n) is 8.68. The number of amides is 1. The van der Waals surface area contributed by atoms with Crippen molar-refractivity contribution in [3.63, 3.8) is 0 Å². The van der Waals surface area contributed by atoms with E-state index in [0.717, 1.165) is 12.1 Å². The Morgan fingerprint density at radius 2 is 2.12 bits per heavy atom. The third-order valence-corrected chi connectivity index (χ3v) is 3.22. The molecule has 0 spiro atoms. The molecule has 0 aliphatic heterocycles. The van der Waals surface area contributed by atoms with Crippen molar-refractivity contribution < 1.29 is 22.3 Å². The van der Waals surface area contributed by atoms with Gasteiger partial charge in [0.1, 0.15) is 16.5 Å². The second-order valence-electron chi connectivity index (χ2n) is 3.19. The molecule has 1 atom stereocenters. The molecular formula is C9H9ClFNO4S. The molecule has 1 aromatic carbocycles. The van der Waals surface area contributed by atoms with E-state index in [-0.39, 0.29) is 5.75 Å². The third-order valence-electron chi connectivity index (χ3n) is 1.87. The number of halogens is 2. The first kappa shape index (κ1) is 13.7. The van der Waals surface area contributed by atoms with Crippen molar-refractivity contribution in [1.29, 1.82) is 0 Å². The second-order valence-corrected chi connectivity index (χ2v) is 5.73. The van der Waals surface area contributed by atoms with Gasteiger partial charge in [0, 0.05) is 10.7 Å². The van der Waals surface area contributed by atoms with Gasteiger partial charge in [-0.1, -0.05) is 0 Å². The van der Waals surface area contributed by atoms with Gasteiger partial charge < -0.3 is 10.5 Å².